The molecule has 15 heavy (non-hydrogen) atoms. The lowest BCUT2D eigenvalue weighted by molar-refractivity contribution is -0.119. The van der Waals surface area contributed by atoms with Crippen LogP contribution >= 0.6 is 0 Å². The monoisotopic (exact) mass is 210 g/mol. The van der Waals surface area contributed by atoms with E-state index < -0.39 is 0 Å². The van der Waals surface area contributed by atoms with Crippen LogP contribution in [0.2, 0.25) is 0 Å². The second-order valence-corrected chi connectivity index (χ2v) is 4.10. The Labute approximate surface area is 89.7 Å². The van der Waals surface area contributed by atoms with Gasteiger partial charge in [-0.05, 0) is 31.8 Å². The van der Waals surface area contributed by atoms with Gasteiger partial charge in [0.2, 0.25) is 5.91 Å². The number of nitrogens with one attached hydrogen (secondary N) is 3. The van der Waals surface area contributed by atoms with Crippen molar-refractivity contribution in [2.45, 2.75) is 19.3 Å². The van der Waals surface area contributed by atoms with Crippen molar-refractivity contribution in [2.24, 2.45) is 10.9 Å². The molecule has 2 rings (SSSR count). The summed E-state index contributed by atoms with van der Waals surface area (Å²) in [5, 5.41) is 9.28. The van der Waals surface area contributed by atoms with Gasteiger partial charge in [-0.15, -0.1) is 0 Å². The van der Waals surface area contributed by atoms with Crippen LogP contribution in [-0.4, -0.2) is 38.0 Å². The first kappa shape index (κ1) is 10.4. The van der Waals surface area contributed by atoms with Gasteiger partial charge in [-0.2, -0.15) is 0 Å². The summed E-state index contributed by atoms with van der Waals surface area (Å²) in [4.78, 5) is 15.3. The van der Waals surface area contributed by atoms with Crippen LogP contribution in [0.25, 0.3) is 0 Å². The Hall–Kier alpha value is -1.10. The van der Waals surface area contributed by atoms with Crippen LogP contribution in [0.1, 0.15) is 19.3 Å². The zero-order chi connectivity index (χ0) is 10.5. The molecule has 0 aromatic rings. The number of piperidine rings is 1. The number of guanidine groups is 1. The van der Waals surface area contributed by atoms with Crippen molar-refractivity contribution in [3.63, 3.8) is 0 Å². The lowest BCUT2D eigenvalue weighted by atomic mass is 9.98. The average Bonchev–Trinajstić information content (AvgIpc) is 2.28. The third-order valence-electron chi connectivity index (χ3n) is 2.88. The summed E-state index contributed by atoms with van der Waals surface area (Å²) in [6.45, 7) is 3.73. The third kappa shape index (κ3) is 3.20. The largest absolute Gasteiger partial charge is 0.356 e. The van der Waals surface area contributed by atoms with Crippen LogP contribution in [-0.2, 0) is 4.79 Å². The molecule has 0 spiro atoms. The lowest BCUT2D eigenvalue weighted by Crippen LogP contribution is -2.46. The van der Waals surface area contributed by atoms with E-state index in [1.54, 1.807) is 0 Å². The summed E-state index contributed by atoms with van der Waals surface area (Å²) in [6, 6.07) is 0. The molecule has 2 heterocycles. The van der Waals surface area contributed by atoms with Gasteiger partial charge in [0.1, 0.15) is 0 Å². The van der Waals surface area contributed by atoms with E-state index in [1.165, 1.54) is 12.8 Å². The van der Waals surface area contributed by atoms with Crippen LogP contribution in [0, 0.1) is 5.92 Å². The van der Waals surface area contributed by atoms with Gasteiger partial charge in [0.25, 0.3) is 0 Å². The maximum Gasteiger partial charge on any atom is 0.228 e. The average molecular weight is 210 g/mol. The molecule has 1 saturated heterocycles. The molecule has 0 aliphatic carbocycles. The molecule has 0 unspecified atom stereocenters. The van der Waals surface area contributed by atoms with Crippen molar-refractivity contribution in [2.75, 3.05) is 26.2 Å². The summed E-state index contributed by atoms with van der Waals surface area (Å²) in [5.74, 6) is 1.43. The molecule has 0 bridgehead atoms. The summed E-state index contributed by atoms with van der Waals surface area (Å²) in [5.41, 5.74) is 0. The highest BCUT2D eigenvalue weighted by atomic mass is 16.1. The third-order valence-corrected chi connectivity index (χ3v) is 2.88. The van der Waals surface area contributed by atoms with Crippen molar-refractivity contribution >= 4 is 11.9 Å². The number of aliphatic imine (C=N–C) groups is 1. The first-order valence-corrected chi connectivity index (χ1v) is 5.63. The summed E-state index contributed by atoms with van der Waals surface area (Å²) in [7, 11) is 0. The topological polar surface area (TPSA) is 65.5 Å². The van der Waals surface area contributed by atoms with Crippen molar-refractivity contribution in [3.8, 4) is 0 Å². The van der Waals surface area contributed by atoms with E-state index in [-0.39, 0.29) is 5.91 Å². The molecule has 1 fully saturated rings. The van der Waals surface area contributed by atoms with Gasteiger partial charge < -0.3 is 10.6 Å². The van der Waals surface area contributed by atoms with Crippen LogP contribution in [0.3, 0.4) is 0 Å². The first-order chi connectivity index (χ1) is 7.34. The molecular weight excluding hydrogens is 192 g/mol. The molecular formula is C10H18N4O. The standard InChI is InChI=1S/C10H18N4O/c15-9-3-6-12-10(14-9)13-7-8-1-4-11-5-2-8/h8,11H,1-7H2,(H2,12,13,14,15). The molecule has 0 radical (unpaired) electrons. The minimum absolute atomic E-state index is 0.0674. The summed E-state index contributed by atoms with van der Waals surface area (Å²) in [6.07, 6.45) is 2.92. The van der Waals surface area contributed by atoms with E-state index in [2.05, 4.69) is 20.9 Å². The minimum atomic E-state index is 0.0674. The van der Waals surface area contributed by atoms with E-state index in [0.29, 0.717) is 24.8 Å². The summed E-state index contributed by atoms with van der Waals surface area (Å²) >= 11 is 0. The predicted molar refractivity (Wildman–Crippen MR) is 58.7 cm³/mol. The van der Waals surface area contributed by atoms with Crippen LogP contribution in [0.4, 0.5) is 0 Å². The van der Waals surface area contributed by atoms with Crippen LogP contribution in [0.15, 0.2) is 4.99 Å². The minimum Gasteiger partial charge on any atom is -0.356 e. The SMILES string of the molecule is O=C1CCN=C(NCC2CCNCC2)N1. The van der Waals surface area contributed by atoms with Gasteiger partial charge in [0.15, 0.2) is 5.96 Å². The molecule has 0 saturated carbocycles. The summed E-state index contributed by atoms with van der Waals surface area (Å²) < 4.78 is 0. The van der Waals surface area contributed by atoms with Crippen LogP contribution < -0.4 is 16.0 Å². The molecule has 0 aromatic carbocycles. The molecule has 2 aliphatic heterocycles. The Morgan fingerprint density at radius 3 is 2.93 bits per heavy atom. The Morgan fingerprint density at radius 2 is 2.20 bits per heavy atom. The number of carbonyl (C=O) groups is 1. The van der Waals surface area contributed by atoms with E-state index >= 15 is 0 Å². The van der Waals surface area contributed by atoms with Gasteiger partial charge in [0.05, 0.1) is 6.54 Å². The molecule has 3 N–H and O–H groups in total. The molecule has 84 valence electrons. The van der Waals surface area contributed by atoms with Gasteiger partial charge in [-0.3, -0.25) is 15.1 Å². The Bertz CT molecular complexity index is 258. The van der Waals surface area contributed by atoms with Gasteiger partial charge >= 0.3 is 0 Å². The molecule has 1 amide bonds. The molecule has 0 atom stereocenters. The maximum absolute atomic E-state index is 11.1. The highest BCUT2D eigenvalue weighted by molar-refractivity contribution is 5.98. The number of hydrogen-bond donors (Lipinski definition) is 3. The van der Waals surface area contributed by atoms with E-state index in [4.69, 9.17) is 0 Å². The van der Waals surface area contributed by atoms with E-state index in [9.17, 15) is 4.79 Å². The number of rotatable bonds is 2. The van der Waals surface area contributed by atoms with Crippen LogP contribution in [0.5, 0.6) is 0 Å². The predicted octanol–water partition coefficient (Wildman–Crippen LogP) is -0.548. The highest BCUT2D eigenvalue weighted by Crippen LogP contribution is 2.09. The second-order valence-electron chi connectivity index (χ2n) is 4.10. The number of amides is 1. The molecule has 2 aliphatic rings. The first-order valence-electron chi connectivity index (χ1n) is 5.63. The molecule has 0 aromatic heterocycles. The smallest absolute Gasteiger partial charge is 0.228 e. The zero-order valence-corrected chi connectivity index (χ0v) is 8.88. The van der Waals surface area contributed by atoms with Crippen molar-refractivity contribution in [1.82, 2.24) is 16.0 Å². The fraction of sp³-hybridized carbons (Fsp3) is 0.800. The Kier molecular flexibility index (Phi) is 3.55. The highest BCUT2D eigenvalue weighted by Gasteiger charge is 2.15. The maximum atomic E-state index is 11.1. The number of nitrogens with zero attached hydrogens (tertiary/aromatic N) is 1. The van der Waals surface area contributed by atoms with E-state index in [0.717, 1.165) is 19.6 Å². The van der Waals surface area contributed by atoms with Gasteiger partial charge in [-0.1, -0.05) is 0 Å². The van der Waals surface area contributed by atoms with Gasteiger partial charge in [-0.25, -0.2) is 0 Å². The van der Waals surface area contributed by atoms with Crippen molar-refractivity contribution < 1.29 is 4.79 Å². The molecule has 5 heteroatoms. The number of carbonyl (C=O) groups excluding carboxylic acids is 1. The lowest BCUT2D eigenvalue weighted by Gasteiger charge is -2.24. The van der Waals surface area contributed by atoms with Gasteiger partial charge in [0, 0.05) is 13.0 Å². The fourth-order valence-electron chi connectivity index (χ4n) is 1.93. The Morgan fingerprint density at radius 1 is 1.40 bits per heavy atom. The van der Waals surface area contributed by atoms with Crippen molar-refractivity contribution in [1.29, 1.82) is 0 Å². The normalized spacial score (nSPS) is 23.2. The second kappa shape index (κ2) is 5.11. The Balaban J connectivity index is 1.72. The zero-order valence-electron chi connectivity index (χ0n) is 8.88. The number of hydrogen-bond acceptors (Lipinski definition) is 4. The van der Waals surface area contributed by atoms with Crippen molar-refractivity contribution in [3.05, 3.63) is 0 Å². The fourth-order valence-corrected chi connectivity index (χ4v) is 1.93. The molecule has 5 nitrogen and oxygen atoms in total. The van der Waals surface area contributed by atoms with E-state index in [1.807, 2.05) is 0 Å². The quantitative estimate of drug-likeness (QED) is 0.573.